The van der Waals surface area contributed by atoms with Crippen LogP contribution in [0.3, 0.4) is 0 Å². The lowest BCUT2D eigenvalue weighted by atomic mass is 10.1. The Labute approximate surface area is 160 Å². The number of aryl methyl sites for hydroxylation is 3. The number of halogens is 1. The van der Waals surface area contributed by atoms with Gasteiger partial charge in [0.1, 0.15) is 18.2 Å². The summed E-state index contributed by atoms with van der Waals surface area (Å²) in [5.41, 5.74) is 4.40. The Morgan fingerprint density at radius 3 is 2.65 bits per heavy atom. The topological polar surface area (TPSA) is 30.3 Å². The summed E-state index contributed by atoms with van der Waals surface area (Å²) in [5.74, 6) is 1.83. The van der Waals surface area contributed by atoms with E-state index in [1.807, 2.05) is 24.3 Å². The van der Waals surface area contributed by atoms with Crippen LogP contribution in [0.4, 0.5) is 0 Å². The molecule has 3 aromatic rings. The number of imidazole rings is 1. The molecule has 0 spiro atoms. The van der Waals surface area contributed by atoms with Crippen molar-refractivity contribution in [1.82, 2.24) is 14.5 Å². The molecule has 0 amide bonds. The van der Waals surface area contributed by atoms with Gasteiger partial charge in [-0.1, -0.05) is 29.3 Å². The number of hydrogen-bond acceptors (Lipinski definition) is 3. The molecule has 4 nitrogen and oxygen atoms in total. The van der Waals surface area contributed by atoms with Gasteiger partial charge in [-0.3, -0.25) is 0 Å². The van der Waals surface area contributed by atoms with Gasteiger partial charge in [-0.25, -0.2) is 4.98 Å². The molecule has 0 atom stereocenters. The maximum atomic E-state index is 6.15. The third-order valence-corrected chi connectivity index (χ3v) is 4.70. The molecule has 1 aromatic heterocycles. The van der Waals surface area contributed by atoms with Crippen LogP contribution in [0.5, 0.6) is 5.75 Å². The predicted octanol–water partition coefficient (Wildman–Crippen LogP) is 4.84. The van der Waals surface area contributed by atoms with E-state index in [9.17, 15) is 0 Å². The van der Waals surface area contributed by atoms with Crippen LogP contribution in [0.1, 0.15) is 23.4 Å². The second-order valence-corrected chi connectivity index (χ2v) is 7.46. The zero-order chi connectivity index (χ0) is 18.7. The quantitative estimate of drug-likeness (QED) is 0.595. The summed E-state index contributed by atoms with van der Waals surface area (Å²) in [7, 11) is 4.19. The molecule has 3 rings (SSSR count). The Bertz CT molecular complexity index is 902. The predicted molar refractivity (Wildman–Crippen MR) is 108 cm³/mol. The highest BCUT2D eigenvalue weighted by atomic mass is 35.5. The number of fused-ring (bicyclic) bond motifs is 1. The Morgan fingerprint density at radius 2 is 1.92 bits per heavy atom. The van der Waals surface area contributed by atoms with Crippen molar-refractivity contribution in [3.63, 3.8) is 0 Å². The Morgan fingerprint density at radius 1 is 1.12 bits per heavy atom. The monoisotopic (exact) mass is 371 g/mol. The largest absolute Gasteiger partial charge is 0.485 e. The summed E-state index contributed by atoms with van der Waals surface area (Å²) in [6, 6.07) is 12.1. The molecule has 0 N–H and O–H groups in total. The van der Waals surface area contributed by atoms with Crippen LogP contribution in [0.15, 0.2) is 36.4 Å². The Balaban J connectivity index is 1.85. The van der Waals surface area contributed by atoms with Gasteiger partial charge in [-0.15, -0.1) is 0 Å². The average molecular weight is 372 g/mol. The van der Waals surface area contributed by atoms with Gasteiger partial charge in [0.05, 0.1) is 11.0 Å². The minimum atomic E-state index is 0.443. The van der Waals surface area contributed by atoms with Gasteiger partial charge >= 0.3 is 0 Å². The molecule has 0 radical (unpaired) electrons. The van der Waals surface area contributed by atoms with E-state index in [0.717, 1.165) is 47.7 Å². The van der Waals surface area contributed by atoms with E-state index >= 15 is 0 Å². The van der Waals surface area contributed by atoms with Gasteiger partial charge in [0, 0.05) is 11.6 Å². The number of nitrogens with zero attached hydrogens (tertiary/aromatic N) is 3. The number of ether oxygens (including phenoxy) is 1. The van der Waals surface area contributed by atoms with Gasteiger partial charge in [0.25, 0.3) is 0 Å². The van der Waals surface area contributed by atoms with Gasteiger partial charge in [0.15, 0.2) is 0 Å². The molecule has 0 fully saturated rings. The Hall–Kier alpha value is -2.04. The first-order valence-corrected chi connectivity index (χ1v) is 9.31. The molecular weight excluding hydrogens is 346 g/mol. The summed E-state index contributed by atoms with van der Waals surface area (Å²) in [6.45, 7) is 6.54. The standard InChI is InChI=1S/C21H26ClN3O/c1-15-6-9-20(16(2)12-15)26-14-21-23-18-13-17(22)7-8-19(18)25(21)11-5-10-24(3)4/h6-9,12-13H,5,10-11,14H2,1-4H3. The number of benzene rings is 2. The molecule has 26 heavy (non-hydrogen) atoms. The van der Waals surface area contributed by atoms with Crippen molar-refractivity contribution in [3.8, 4) is 5.75 Å². The van der Waals surface area contributed by atoms with E-state index in [2.05, 4.69) is 49.5 Å². The van der Waals surface area contributed by atoms with Crippen molar-refractivity contribution in [2.45, 2.75) is 33.4 Å². The zero-order valence-corrected chi connectivity index (χ0v) is 16.7. The summed E-state index contributed by atoms with van der Waals surface area (Å²) in [4.78, 5) is 6.97. The first-order valence-electron chi connectivity index (χ1n) is 8.93. The van der Waals surface area contributed by atoms with Crippen molar-refractivity contribution in [2.24, 2.45) is 0 Å². The van der Waals surface area contributed by atoms with E-state index in [1.54, 1.807) is 0 Å². The first-order chi connectivity index (χ1) is 12.4. The van der Waals surface area contributed by atoms with E-state index < -0.39 is 0 Å². The third-order valence-electron chi connectivity index (χ3n) is 4.46. The van der Waals surface area contributed by atoms with E-state index in [0.29, 0.717) is 11.6 Å². The number of aromatic nitrogens is 2. The fourth-order valence-electron chi connectivity index (χ4n) is 3.16. The lowest BCUT2D eigenvalue weighted by molar-refractivity contribution is 0.286. The van der Waals surface area contributed by atoms with Crippen LogP contribution in [0.25, 0.3) is 11.0 Å². The molecule has 0 bridgehead atoms. The lowest BCUT2D eigenvalue weighted by Crippen LogP contribution is -2.16. The van der Waals surface area contributed by atoms with Crippen molar-refractivity contribution in [2.75, 3.05) is 20.6 Å². The third kappa shape index (κ3) is 4.37. The molecule has 1 heterocycles. The molecule has 2 aromatic carbocycles. The molecule has 0 saturated carbocycles. The molecular formula is C21H26ClN3O. The molecule has 0 saturated heterocycles. The molecule has 5 heteroatoms. The van der Waals surface area contributed by atoms with Gasteiger partial charge in [0.2, 0.25) is 0 Å². The van der Waals surface area contributed by atoms with Gasteiger partial charge in [-0.05, 0) is 70.7 Å². The number of rotatable bonds is 7. The highest BCUT2D eigenvalue weighted by Gasteiger charge is 2.12. The molecule has 0 unspecified atom stereocenters. The smallest absolute Gasteiger partial charge is 0.147 e. The summed E-state index contributed by atoms with van der Waals surface area (Å²) >= 11 is 6.15. The maximum Gasteiger partial charge on any atom is 0.147 e. The molecule has 138 valence electrons. The first kappa shape index (κ1) is 18.7. The molecule has 0 aliphatic rings. The molecule has 0 aliphatic heterocycles. The molecule has 0 aliphatic carbocycles. The van der Waals surface area contributed by atoms with Crippen LogP contribution in [-0.2, 0) is 13.2 Å². The van der Waals surface area contributed by atoms with Crippen LogP contribution in [0.2, 0.25) is 5.02 Å². The summed E-state index contributed by atoms with van der Waals surface area (Å²) in [6.07, 6.45) is 1.05. The fourth-order valence-corrected chi connectivity index (χ4v) is 3.33. The van der Waals surface area contributed by atoms with Crippen LogP contribution < -0.4 is 4.74 Å². The maximum absolute atomic E-state index is 6.15. The van der Waals surface area contributed by atoms with Gasteiger partial charge in [-0.2, -0.15) is 0 Å². The van der Waals surface area contributed by atoms with Crippen molar-refractivity contribution in [3.05, 3.63) is 58.4 Å². The zero-order valence-electron chi connectivity index (χ0n) is 15.9. The highest BCUT2D eigenvalue weighted by molar-refractivity contribution is 6.31. The highest BCUT2D eigenvalue weighted by Crippen LogP contribution is 2.24. The minimum absolute atomic E-state index is 0.443. The van der Waals surface area contributed by atoms with Crippen molar-refractivity contribution in [1.29, 1.82) is 0 Å². The van der Waals surface area contributed by atoms with Crippen LogP contribution in [-0.4, -0.2) is 35.1 Å². The Kier molecular flexibility index (Phi) is 5.84. The number of hydrogen-bond donors (Lipinski definition) is 0. The van der Waals surface area contributed by atoms with Crippen LogP contribution in [0, 0.1) is 13.8 Å². The SMILES string of the molecule is Cc1ccc(OCc2nc3cc(Cl)ccc3n2CCCN(C)C)c(C)c1. The van der Waals surface area contributed by atoms with E-state index in [4.69, 9.17) is 21.3 Å². The summed E-state index contributed by atoms with van der Waals surface area (Å²) < 4.78 is 8.33. The lowest BCUT2D eigenvalue weighted by Gasteiger charge is -2.14. The summed E-state index contributed by atoms with van der Waals surface area (Å²) in [5, 5.41) is 0.706. The second kappa shape index (κ2) is 8.11. The van der Waals surface area contributed by atoms with Gasteiger partial charge < -0.3 is 14.2 Å². The van der Waals surface area contributed by atoms with E-state index in [1.165, 1.54) is 5.56 Å². The van der Waals surface area contributed by atoms with Crippen molar-refractivity contribution < 1.29 is 4.74 Å². The second-order valence-electron chi connectivity index (χ2n) is 7.03. The normalized spacial score (nSPS) is 11.5. The van der Waals surface area contributed by atoms with E-state index in [-0.39, 0.29) is 0 Å². The van der Waals surface area contributed by atoms with Crippen LogP contribution >= 0.6 is 11.6 Å². The van der Waals surface area contributed by atoms with Crippen molar-refractivity contribution >= 4 is 22.6 Å². The minimum Gasteiger partial charge on any atom is -0.485 e. The average Bonchev–Trinajstić information content (AvgIpc) is 2.90. The fraction of sp³-hybridized carbons (Fsp3) is 0.381.